The second-order valence-electron chi connectivity index (χ2n) is 3.95. The quantitative estimate of drug-likeness (QED) is 0.853. The number of aryl methyl sites for hydroxylation is 1. The van der Waals surface area contributed by atoms with Crippen molar-refractivity contribution in [3.8, 4) is 0 Å². The molecule has 0 aromatic heterocycles. The number of sulfonamides is 1. The lowest BCUT2D eigenvalue weighted by Gasteiger charge is -2.14. The molecule has 0 atom stereocenters. The number of carbonyl (C=O) groups is 1. The van der Waals surface area contributed by atoms with Gasteiger partial charge in [-0.15, -0.1) is 11.6 Å². The van der Waals surface area contributed by atoms with Gasteiger partial charge in [-0.1, -0.05) is 6.07 Å². The van der Waals surface area contributed by atoms with E-state index in [1.807, 2.05) is 0 Å². The van der Waals surface area contributed by atoms with Gasteiger partial charge in [-0.25, -0.2) is 12.7 Å². The highest BCUT2D eigenvalue weighted by Gasteiger charge is 2.20. The maximum absolute atomic E-state index is 12.0. The highest BCUT2D eigenvalue weighted by molar-refractivity contribution is 7.89. The minimum absolute atomic E-state index is 0.167. The highest BCUT2D eigenvalue weighted by atomic mass is 35.5. The number of rotatable bonds is 4. The Morgan fingerprint density at radius 1 is 1.39 bits per heavy atom. The van der Waals surface area contributed by atoms with E-state index >= 15 is 0 Å². The number of anilines is 1. The largest absolute Gasteiger partial charge is 0.325 e. The second kappa shape index (κ2) is 5.69. The third-order valence-corrected chi connectivity index (χ3v) is 4.55. The van der Waals surface area contributed by atoms with Crippen LogP contribution in [0.4, 0.5) is 5.69 Å². The Morgan fingerprint density at radius 2 is 2.00 bits per heavy atom. The van der Waals surface area contributed by atoms with Crippen LogP contribution in [0.25, 0.3) is 0 Å². The fourth-order valence-corrected chi connectivity index (χ4v) is 2.56. The van der Waals surface area contributed by atoms with Gasteiger partial charge in [0.25, 0.3) is 0 Å². The summed E-state index contributed by atoms with van der Waals surface area (Å²) in [5.41, 5.74) is 1.03. The lowest BCUT2D eigenvalue weighted by atomic mass is 10.2. The number of nitrogens with zero attached hydrogens (tertiary/aromatic N) is 1. The maximum Gasteiger partial charge on any atom is 0.242 e. The van der Waals surface area contributed by atoms with Crippen LogP contribution in [-0.2, 0) is 14.8 Å². The van der Waals surface area contributed by atoms with Crippen molar-refractivity contribution in [2.24, 2.45) is 0 Å². The Bertz CT molecular complexity index is 555. The van der Waals surface area contributed by atoms with E-state index in [4.69, 9.17) is 11.6 Å². The Hall–Kier alpha value is -1.11. The molecule has 1 aromatic carbocycles. The number of nitrogens with one attached hydrogen (secondary N) is 1. The van der Waals surface area contributed by atoms with E-state index in [9.17, 15) is 13.2 Å². The summed E-state index contributed by atoms with van der Waals surface area (Å²) in [5.74, 6) is -0.558. The van der Waals surface area contributed by atoms with Crippen molar-refractivity contribution in [2.45, 2.75) is 11.8 Å². The van der Waals surface area contributed by atoms with Crippen LogP contribution in [0.15, 0.2) is 23.1 Å². The Balaban J connectivity index is 3.22. The Kier molecular flexibility index (Phi) is 4.72. The van der Waals surface area contributed by atoms with Gasteiger partial charge in [0.05, 0.1) is 4.90 Å². The van der Waals surface area contributed by atoms with Gasteiger partial charge in [0.1, 0.15) is 5.88 Å². The maximum atomic E-state index is 12.0. The number of hydrogen-bond acceptors (Lipinski definition) is 3. The summed E-state index contributed by atoms with van der Waals surface area (Å²) in [6, 6.07) is 4.70. The van der Waals surface area contributed by atoms with Crippen molar-refractivity contribution in [2.75, 3.05) is 25.3 Å². The molecule has 100 valence electrons. The zero-order valence-corrected chi connectivity index (χ0v) is 12.0. The van der Waals surface area contributed by atoms with Crippen molar-refractivity contribution in [1.29, 1.82) is 0 Å². The van der Waals surface area contributed by atoms with Gasteiger partial charge >= 0.3 is 0 Å². The molecule has 0 unspecified atom stereocenters. The first-order valence-corrected chi connectivity index (χ1v) is 7.15. The first kappa shape index (κ1) is 14.9. The zero-order valence-electron chi connectivity index (χ0n) is 10.4. The van der Waals surface area contributed by atoms with Gasteiger partial charge in [0, 0.05) is 19.8 Å². The summed E-state index contributed by atoms with van der Waals surface area (Å²) in [7, 11) is -0.609. The molecule has 0 radical (unpaired) electrons. The summed E-state index contributed by atoms with van der Waals surface area (Å²) < 4.78 is 25.2. The van der Waals surface area contributed by atoms with Gasteiger partial charge < -0.3 is 5.32 Å². The summed E-state index contributed by atoms with van der Waals surface area (Å²) in [4.78, 5) is 11.3. The molecule has 0 bridgehead atoms. The smallest absolute Gasteiger partial charge is 0.242 e. The van der Waals surface area contributed by atoms with Gasteiger partial charge in [-0.2, -0.15) is 0 Å². The van der Waals surface area contributed by atoms with E-state index in [-0.39, 0.29) is 16.7 Å². The fraction of sp³-hybridized carbons (Fsp3) is 0.364. The zero-order chi connectivity index (χ0) is 13.9. The normalized spacial score (nSPS) is 11.6. The van der Waals surface area contributed by atoms with Crippen molar-refractivity contribution >= 4 is 33.2 Å². The molecule has 0 saturated heterocycles. The highest BCUT2D eigenvalue weighted by Crippen LogP contribution is 2.22. The monoisotopic (exact) mass is 290 g/mol. The number of halogens is 1. The molecular formula is C11H15ClN2O3S. The molecule has 0 aliphatic rings. The minimum atomic E-state index is -3.52. The average molecular weight is 291 g/mol. The first-order valence-electron chi connectivity index (χ1n) is 5.18. The molecule has 0 heterocycles. The molecule has 0 saturated carbocycles. The summed E-state index contributed by atoms with van der Waals surface area (Å²) in [6.07, 6.45) is 0. The molecule has 18 heavy (non-hydrogen) atoms. The van der Waals surface area contributed by atoms with Crippen molar-refractivity contribution in [3.63, 3.8) is 0 Å². The molecule has 1 N–H and O–H groups in total. The van der Waals surface area contributed by atoms with Crippen LogP contribution in [0.1, 0.15) is 5.56 Å². The molecule has 1 aromatic rings. The van der Waals surface area contributed by atoms with Crippen LogP contribution in [-0.4, -0.2) is 38.6 Å². The molecule has 0 aliphatic carbocycles. The molecule has 0 aliphatic heterocycles. The fourth-order valence-electron chi connectivity index (χ4n) is 1.35. The van der Waals surface area contributed by atoms with Crippen molar-refractivity contribution in [3.05, 3.63) is 23.8 Å². The molecule has 5 nitrogen and oxygen atoms in total. The van der Waals surface area contributed by atoms with Crippen LogP contribution in [0, 0.1) is 6.92 Å². The third-order valence-electron chi connectivity index (χ3n) is 2.35. The van der Waals surface area contributed by atoms with E-state index in [1.165, 1.54) is 20.2 Å². The van der Waals surface area contributed by atoms with E-state index < -0.39 is 10.0 Å². The van der Waals surface area contributed by atoms with Crippen LogP contribution in [0.2, 0.25) is 0 Å². The van der Waals surface area contributed by atoms with Crippen LogP contribution in [0.3, 0.4) is 0 Å². The van der Waals surface area contributed by atoms with Gasteiger partial charge in [0.15, 0.2) is 0 Å². The predicted octanol–water partition coefficient (Wildman–Crippen LogP) is 1.42. The summed E-state index contributed by atoms with van der Waals surface area (Å²) in [5, 5.41) is 2.52. The third kappa shape index (κ3) is 3.22. The minimum Gasteiger partial charge on any atom is -0.325 e. The van der Waals surface area contributed by atoms with Crippen LogP contribution < -0.4 is 5.32 Å². The standard InChI is InChI=1S/C11H15ClN2O3S/c1-8-4-5-9(13-11(15)7-12)6-10(8)18(16,17)14(2)3/h4-6H,7H2,1-3H3,(H,13,15). The number of carbonyl (C=O) groups excluding carboxylic acids is 1. The molecule has 1 rings (SSSR count). The Labute approximate surface area is 112 Å². The van der Waals surface area contributed by atoms with Gasteiger partial charge in [0.2, 0.25) is 15.9 Å². The van der Waals surface area contributed by atoms with Gasteiger partial charge in [-0.3, -0.25) is 4.79 Å². The van der Waals surface area contributed by atoms with E-state index in [1.54, 1.807) is 19.1 Å². The van der Waals surface area contributed by atoms with Gasteiger partial charge in [-0.05, 0) is 24.6 Å². The first-order chi connectivity index (χ1) is 8.28. The lowest BCUT2D eigenvalue weighted by Crippen LogP contribution is -2.23. The molecular weight excluding hydrogens is 276 g/mol. The number of alkyl halides is 1. The second-order valence-corrected chi connectivity index (χ2v) is 6.34. The van der Waals surface area contributed by atoms with E-state index in [0.717, 1.165) is 4.31 Å². The van der Waals surface area contributed by atoms with Crippen molar-refractivity contribution < 1.29 is 13.2 Å². The molecule has 1 amide bonds. The van der Waals surface area contributed by atoms with Crippen molar-refractivity contribution in [1.82, 2.24) is 4.31 Å². The van der Waals surface area contributed by atoms with Crippen LogP contribution >= 0.6 is 11.6 Å². The molecule has 0 fully saturated rings. The van der Waals surface area contributed by atoms with Crippen LogP contribution in [0.5, 0.6) is 0 Å². The average Bonchev–Trinajstić information content (AvgIpc) is 2.31. The SMILES string of the molecule is Cc1ccc(NC(=O)CCl)cc1S(=O)(=O)N(C)C. The summed E-state index contributed by atoms with van der Waals surface area (Å²) in [6.45, 7) is 1.70. The topological polar surface area (TPSA) is 66.5 Å². The summed E-state index contributed by atoms with van der Waals surface area (Å²) >= 11 is 5.37. The lowest BCUT2D eigenvalue weighted by molar-refractivity contribution is -0.113. The molecule has 0 spiro atoms. The Morgan fingerprint density at radius 3 is 2.50 bits per heavy atom. The molecule has 7 heteroatoms. The van der Waals surface area contributed by atoms with E-state index in [2.05, 4.69) is 5.32 Å². The van der Waals surface area contributed by atoms with E-state index in [0.29, 0.717) is 11.3 Å². The predicted molar refractivity (Wildman–Crippen MR) is 71.4 cm³/mol. The number of hydrogen-bond donors (Lipinski definition) is 1. The number of benzene rings is 1. The number of amides is 1.